The highest BCUT2D eigenvalue weighted by Gasteiger charge is 2.33. The van der Waals surface area contributed by atoms with E-state index in [-0.39, 0.29) is 17.5 Å². The van der Waals surface area contributed by atoms with Gasteiger partial charge in [0.2, 0.25) is 0 Å². The highest BCUT2D eigenvalue weighted by molar-refractivity contribution is 6.30. The molecule has 16 heavy (non-hydrogen) atoms. The van der Waals surface area contributed by atoms with Crippen molar-refractivity contribution in [2.24, 2.45) is 5.41 Å². The largest absolute Gasteiger partial charge is 0.330 e. The number of rotatable bonds is 0. The summed E-state index contributed by atoms with van der Waals surface area (Å²) in [6, 6.07) is 5.35. The van der Waals surface area contributed by atoms with Gasteiger partial charge in [0.1, 0.15) is 0 Å². The number of carbonyl (C=O) groups is 1. The van der Waals surface area contributed by atoms with Crippen LogP contribution < -0.4 is 10.6 Å². The van der Waals surface area contributed by atoms with Crippen LogP contribution in [0.4, 0.5) is 10.5 Å². The Balaban J connectivity index is 2.52. The Hall–Kier alpha value is -1.22. The molecule has 1 unspecified atom stereocenters. The first kappa shape index (κ1) is 11.3. The van der Waals surface area contributed by atoms with E-state index in [1.54, 1.807) is 6.07 Å². The summed E-state index contributed by atoms with van der Waals surface area (Å²) in [4.78, 5) is 11.5. The van der Waals surface area contributed by atoms with Crippen molar-refractivity contribution in [2.45, 2.75) is 26.8 Å². The molecule has 0 spiro atoms. The van der Waals surface area contributed by atoms with Crippen LogP contribution in [0.5, 0.6) is 0 Å². The second-order valence-electron chi connectivity index (χ2n) is 5.13. The lowest BCUT2D eigenvalue weighted by atomic mass is 9.81. The van der Waals surface area contributed by atoms with Crippen LogP contribution in [-0.2, 0) is 0 Å². The lowest BCUT2D eigenvalue weighted by Crippen LogP contribution is -2.43. The summed E-state index contributed by atoms with van der Waals surface area (Å²) in [6.07, 6.45) is 0. The zero-order chi connectivity index (χ0) is 11.9. The Morgan fingerprint density at radius 3 is 2.62 bits per heavy atom. The van der Waals surface area contributed by atoms with Crippen molar-refractivity contribution in [3.8, 4) is 0 Å². The normalized spacial score (nSPS) is 19.8. The molecule has 1 atom stereocenters. The monoisotopic (exact) mass is 238 g/mol. The van der Waals surface area contributed by atoms with Gasteiger partial charge in [-0.2, -0.15) is 0 Å². The number of hydrogen-bond donors (Lipinski definition) is 2. The van der Waals surface area contributed by atoms with Crippen molar-refractivity contribution >= 4 is 23.3 Å². The van der Waals surface area contributed by atoms with E-state index >= 15 is 0 Å². The maximum absolute atomic E-state index is 11.5. The zero-order valence-electron chi connectivity index (χ0n) is 9.60. The first-order chi connectivity index (χ1) is 7.38. The molecule has 0 bridgehead atoms. The molecule has 0 radical (unpaired) electrons. The van der Waals surface area contributed by atoms with Crippen molar-refractivity contribution in [1.82, 2.24) is 5.32 Å². The number of benzene rings is 1. The lowest BCUT2D eigenvalue weighted by Gasteiger charge is -2.36. The molecular weight excluding hydrogens is 224 g/mol. The van der Waals surface area contributed by atoms with E-state index in [0.717, 1.165) is 11.3 Å². The molecule has 1 heterocycles. The summed E-state index contributed by atoms with van der Waals surface area (Å²) in [5.74, 6) is 0. The van der Waals surface area contributed by atoms with Gasteiger partial charge in [0, 0.05) is 16.3 Å². The van der Waals surface area contributed by atoms with Gasteiger partial charge >= 0.3 is 6.03 Å². The number of hydrogen-bond acceptors (Lipinski definition) is 1. The van der Waals surface area contributed by atoms with Crippen LogP contribution in [0, 0.1) is 5.41 Å². The first-order valence-corrected chi connectivity index (χ1v) is 5.63. The summed E-state index contributed by atoms with van der Waals surface area (Å²) in [5, 5.41) is 6.40. The highest BCUT2D eigenvalue weighted by Crippen LogP contribution is 2.39. The molecule has 0 saturated carbocycles. The topological polar surface area (TPSA) is 41.1 Å². The fourth-order valence-electron chi connectivity index (χ4n) is 1.94. The fraction of sp³-hybridized carbons (Fsp3) is 0.417. The van der Waals surface area contributed by atoms with E-state index in [4.69, 9.17) is 11.6 Å². The summed E-state index contributed by atoms with van der Waals surface area (Å²) in [5.41, 5.74) is 1.84. The van der Waals surface area contributed by atoms with Crippen molar-refractivity contribution in [2.75, 3.05) is 5.32 Å². The number of amides is 2. The molecule has 0 aliphatic carbocycles. The van der Waals surface area contributed by atoms with Gasteiger partial charge in [0.25, 0.3) is 0 Å². The molecule has 2 amide bonds. The molecule has 0 saturated heterocycles. The van der Waals surface area contributed by atoms with Crippen LogP contribution in [0.2, 0.25) is 5.02 Å². The number of halogens is 1. The van der Waals surface area contributed by atoms with Gasteiger partial charge in [-0.15, -0.1) is 0 Å². The van der Waals surface area contributed by atoms with Gasteiger partial charge in [-0.25, -0.2) is 4.79 Å². The van der Waals surface area contributed by atoms with E-state index < -0.39 is 0 Å². The molecule has 0 aromatic heterocycles. The zero-order valence-corrected chi connectivity index (χ0v) is 10.4. The van der Waals surface area contributed by atoms with Crippen molar-refractivity contribution in [1.29, 1.82) is 0 Å². The smallest absolute Gasteiger partial charge is 0.319 e. The summed E-state index contributed by atoms with van der Waals surface area (Å²) in [7, 11) is 0. The second kappa shape index (κ2) is 3.67. The molecule has 4 heteroatoms. The summed E-state index contributed by atoms with van der Waals surface area (Å²) >= 11 is 5.99. The molecule has 0 fully saturated rings. The Morgan fingerprint density at radius 2 is 2.00 bits per heavy atom. The highest BCUT2D eigenvalue weighted by atomic mass is 35.5. The average molecular weight is 239 g/mol. The third kappa shape index (κ3) is 2.00. The Labute approximate surface area is 100 Å². The summed E-state index contributed by atoms with van der Waals surface area (Å²) < 4.78 is 0. The molecule has 2 rings (SSSR count). The second-order valence-corrected chi connectivity index (χ2v) is 5.57. The van der Waals surface area contributed by atoms with Crippen LogP contribution in [0.1, 0.15) is 32.4 Å². The fourth-order valence-corrected chi connectivity index (χ4v) is 2.12. The Kier molecular flexibility index (Phi) is 2.58. The molecule has 3 nitrogen and oxygen atoms in total. The number of urea groups is 1. The Bertz CT molecular complexity index is 437. The SMILES string of the molecule is CC(C)(C)C1NC(=O)Nc2ccc(Cl)cc21. The predicted octanol–water partition coefficient (Wildman–Crippen LogP) is 3.56. The van der Waals surface area contributed by atoms with E-state index in [1.807, 2.05) is 12.1 Å². The Morgan fingerprint density at radius 1 is 1.31 bits per heavy atom. The number of carbonyl (C=O) groups excluding carboxylic acids is 1. The number of nitrogens with one attached hydrogen (secondary N) is 2. The van der Waals surface area contributed by atoms with Gasteiger partial charge in [0.15, 0.2) is 0 Å². The minimum Gasteiger partial charge on any atom is -0.330 e. The number of anilines is 1. The van der Waals surface area contributed by atoms with Gasteiger partial charge in [-0.05, 0) is 23.6 Å². The van der Waals surface area contributed by atoms with Crippen LogP contribution in [0.3, 0.4) is 0 Å². The van der Waals surface area contributed by atoms with Crippen molar-refractivity contribution in [3.63, 3.8) is 0 Å². The van der Waals surface area contributed by atoms with E-state index in [2.05, 4.69) is 31.4 Å². The molecule has 86 valence electrons. The minimum atomic E-state index is -0.158. The molecule has 1 aliphatic heterocycles. The van der Waals surface area contributed by atoms with Gasteiger partial charge < -0.3 is 10.6 Å². The summed E-state index contributed by atoms with van der Waals surface area (Å²) in [6.45, 7) is 6.27. The van der Waals surface area contributed by atoms with Crippen LogP contribution in [-0.4, -0.2) is 6.03 Å². The molecule has 1 aromatic carbocycles. The first-order valence-electron chi connectivity index (χ1n) is 5.25. The van der Waals surface area contributed by atoms with E-state index in [9.17, 15) is 4.79 Å². The maximum atomic E-state index is 11.5. The van der Waals surface area contributed by atoms with Crippen LogP contribution in [0.15, 0.2) is 18.2 Å². The average Bonchev–Trinajstić information content (AvgIpc) is 2.16. The van der Waals surface area contributed by atoms with E-state index in [1.165, 1.54) is 0 Å². The molecular formula is C12H15ClN2O. The lowest BCUT2D eigenvalue weighted by molar-refractivity contribution is 0.226. The van der Waals surface area contributed by atoms with Crippen LogP contribution >= 0.6 is 11.6 Å². The number of fused-ring (bicyclic) bond motifs is 1. The van der Waals surface area contributed by atoms with E-state index in [0.29, 0.717) is 5.02 Å². The van der Waals surface area contributed by atoms with Crippen LogP contribution in [0.25, 0.3) is 0 Å². The maximum Gasteiger partial charge on any atom is 0.319 e. The standard InChI is InChI=1S/C12H15ClN2O/c1-12(2,3)10-8-6-7(13)4-5-9(8)14-11(16)15-10/h4-6,10H,1-3H3,(H2,14,15,16). The molecule has 1 aromatic rings. The van der Waals surface area contributed by atoms with Crippen molar-refractivity contribution in [3.05, 3.63) is 28.8 Å². The van der Waals surface area contributed by atoms with Gasteiger partial charge in [-0.3, -0.25) is 0 Å². The predicted molar refractivity (Wildman–Crippen MR) is 65.8 cm³/mol. The quantitative estimate of drug-likeness (QED) is 0.713. The molecule has 2 N–H and O–H groups in total. The third-order valence-electron chi connectivity index (χ3n) is 2.71. The molecule has 1 aliphatic rings. The van der Waals surface area contributed by atoms with Gasteiger partial charge in [-0.1, -0.05) is 32.4 Å². The minimum absolute atomic E-state index is 0.0186. The van der Waals surface area contributed by atoms with Gasteiger partial charge in [0.05, 0.1) is 6.04 Å². The third-order valence-corrected chi connectivity index (χ3v) is 2.95. The van der Waals surface area contributed by atoms with Crippen molar-refractivity contribution < 1.29 is 4.79 Å².